The van der Waals surface area contributed by atoms with Crippen LogP contribution in [0, 0.1) is 17.5 Å². The van der Waals surface area contributed by atoms with E-state index in [-0.39, 0.29) is 0 Å². The van der Waals surface area contributed by atoms with Gasteiger partial charge in [0.05, 0.1) is 0 Å². The number of carbonyl (C=O) groups is 2. The molecule has 0 aromatic heterocycles. The Hall–Kier alpha value is -2.05. The summed E-state index contributed by atoms with van der Waals surface area (Å²) < 4.78 is 39.0. The lowest BCUT2D eigenvalue weighted by Crippen LogP contribution is -2.33. The molecule has 1 aromatic carbocycles. The van der Waals surface area contributed by atoms with Gasteiger partial charge in [0.2, 0.25) is 0 Å². The summed E-state index contributed by atoms with van der Waals surface area (Å²) in [5, 5.41) is 8.42. The Labute approximate surface area is 94.3 Å². The summed E-state index contributed by atoms with van der Waals surface area (Å²) in [7, 11) is 1.07. The summed E-state index contributed by atoms with van der Waals surface area (Å²) >= 11 is 0. The zero-order chi connectivity index (χ0) is 13.2. The molecule has 0 fully saturated rings. The predicted molar refractivity (Wildman–Crippen MR) is 50.9 cm³/mol. The molecule has 0 saturated carbocycles. The first-order valence-electron chi connectivity index (χ1n) is 4.44. The fourth-order valence-corrected chi connectivity index (χ4v) is 1.21. The van der Waals surface area contributed by atoms with Crippen LogP contribution in [0.5, 0.6) is 0 Å². The molecular weight excluding hydrogens is 239 g/mol. The molecule has 0 atom stereocenters. The first-order chi connectivity index (χ1) is 7.82. The SMILES string of the molecule is CN(CC(=O)O)C(=O)c1c(F)cc(F)cc1F. The van der Waals surface area contributed by atoms with Crippen LogP contribution in [0.4, 0.5) is 13.2 Å². The summed E-state index contributed by atoms with van der Waals surface area (Å²) in [5.74, 6) is -6.39. The number of hydrogen-bond acceptors (Lipinski definition) is 2. The maximum atomic E-state index is 13.2. The first kappa shape index (κ1) is 13.0. The highest BCUT2D eigenvalue weighted by Gasteiger charge is 2.23. The van der Waals surface area contributed by atoms with E-state index in [4.69, 9.17) is 5.11 Å². The largest absolute Gasteiger partial charge is 0.480 e. The van der Waals surface area contributed by atoms with Crippen LogP contribution in [0.2, 0.25) is 0 Å². The van der Waals surface area contributed by atoms with Crippen molar-refractivity contribution in [1.82, 2.24) is 4.90 Å². The van der Waals surface area contributed by atoms with Crippen LogP contribution in [-0.2, 0) is 4.79 Å². The molecule has 0 aliphatic heterocycles. The van der Waals surface area contributed by atoms with Gasteiger partial charge in [-0.05, 0) is 0 Å². The molecule has 0 heterocycles. The number of hydrogen-bond donors (Lipinski definition) is 1. The molecule has 0 saturated heterocycles. The molecule has 4 nitrogen and oxygen atoms in total. The topological polar surface area (TPSA) is 57.6 Å². The molecule has 0 unspecified atom stereocenters. The third kappa shape index (κ3) is 2.96. The van der Waals surface area contributed by atoms with Crippen molar-refractivity contribution in [2.45, 2.75) is 0 Å². The summed E-state index contributed by atoms with van der Waals surface area (Å²) in [5.41, 5.74) is -0.977. The van der Waals surface area contributed by atoms with Gasteiger partial charge in [-0.3, -0.25) is 9.59 Å². The quantitative estimate of drug-likeness (QED) is 0.874. The van der Waals surface area contributed by atoms with Gasteiger partial charge in [-0.1, -0.05) is 0 Å². The van der Waals surface area contributed by atoms with Crippen molar-refractivity contribution < 1.29 is 27.9 Å². The zero-order valence-electron chi connectivity index (χ0n) is 8.71. The van der Waals surface area contributed by atoms with Gasteiger partial charge in [0.1, 0.15) is 29.6 Å². The molecule has 17 heavy (non-hydrogen) atoms. The number of rotatable bonds is 3. The Morgan fingerprint density at radius 2 is 1.71 bits per heavy atom. The van der Waals surface area contributed by atoms with E-state index in [1.165, 1.54) is 0 Å². The van der Waals surface area contributed by atoms with Crippen LogP contribution < -0.4 is 0 Å². The Morgan fingerprint density at radius 1 is 1.24 bits per heavy atom. The summed E-state index contributed by atoms with van der Waals surface area (Å²) in [6.45, 7) is -0.713. The van der Waals surface area contributed by atoms with E-state index < -0.39 is 41.4 Å². The van der Waals surface area contributed by atoms with Crippen molar-refractivity contribution in [2.75, 3.05) is 13.6 Å². The molecule has 1 rings (SSSR count). The molecule has 92 valence electrons. The van der Waals surface area contributed by atoms with Gasteiger partial charge in [-0.15, -0.1) is 0 Å². The Bertz CT molecular complexity index is 453. The zero-order valence-corrected chi connectivity index (χ0v) is 8.71. The van der Waals surface area contributed by atoms with Crippen molar-refractivity contribution in [3.05, 3.63) is 35.1 Å². The average Bonchev–Trinajstić information content (AvgIpc) is 2.14. The molecule has 1 aromatic rings. The predicted octanol–water partition coefficient (Wildman–Crippen LogP) is 1.26. The fraction of sp³-hybridized carbons (Fsp3) is 0.200. The minimum atomic E-state index is -1.37. The lowest BCUT2D eigenvalue weighted by atomic mass is 10.1. The van der Waals surface area contributed by atoms with E-state index in [0.717, 1.165) is 7.05 Å². The minimum Gasteiger partial charge on any atom is -0.480 e. The van der Waals surface area contributed by atoms with Crippen LogP contribution in [0.15, 0.2) is 12.1 Å². The number of carboxylic acid groups (broad SMARTS) is 1. The third-order valence-electron chi connectivity index (χ3n) is 1.94. The first-order valence-corrected chi connectivity index (χ1v) is 4.44. The van der Waals surface area contributed by atoms with Gasteiger partial charge in [-0.2, -0.15) is 0 Å². The van der Waals surface area contributed by atoms with Gasteiger partial charge in [0.15, 0.2) is 0 Å². The van der Waals surface area contributed by atoms with Gasteiger partial charge in [0, 0.05) is 19.2 Å². The molecule has 0 aliphatic rings. The standard InChI is InChI=1S/C10H8F3NO3/c1-14(4-8(15)16)10(17)9-6(12)2-5(11)3-7(9)13/h2-3H,4H2,1H3,(H,15,16). The summed E-state index contributed by atoms with van der Waals surface area (Å²) in [6, 6.07) is 0.704. The van der Waals surface area contributed by atoms with Gasteiger partial charge in [-0.25, -0.2) is 13.2 Å². The number of carboxylic acids is 1. The Morgan fingerprint density at radius 3 is 2.12 bits per heavy atom. The molecule has 1 N–H and O–H groups in total. The van der Waals surface area contributed by atoms with E-state index in [2.05, 4.69) is 0 Å². The monoisotopic (exact) mass is 247 g/mol. The van der Waals surface area contributed by atoms with Crippen molar-refractivity contribution in [3.63, 3.8) is 0 Å². The number of halogens is 3. The van der Waals surface area contributed by atoms with Crippen LogP contribution in [0.3, 0.4) is 0 Å². The van der Waals surface area contributed by atoms with Crippen LogP contribution in [0.25, 0.3) is 0 Å². The third-order valence-corrected chi connectivity index (χ3v) is 1.94. The number of benzene rings is 1. The maximum absolute atomic E-state index is 13.2. The van der Waals surface area contributed by atoms with Gasteiger partial charge < -0.3 is 10.0 Å². The highest BCUT2D eigenvalue weighted by Crippen LogP contribution is 2.16. The van der Waals surface area contributed by atoms with Crippen LogP contribution in [0.1, 0.15) is 10.4 Å². The minimum absolute atomic E-state index is 0.352. The summed E-state index contributed by atoms with van der Waals surface area (Å²) in [4.78, 5) is 22.4. The van der Waals surface area contributed by atoms with E-state index in [0.29, 0.717) is 17.0 Å². The van der Waals surface area contributed by atoms with E-state index in [1.807, 2.05) is 0 Å². The van der Waals surface area contributed by atoms with Crippen molar-refractivity contribution >= 4 is 11.9 Å². The van der Waals surface area contributed by atoms with E-state index in [1.54, 1.807) is 0 Å². The summed E-state index contributed by atoms with van der Waals surface area (Å²) in [6.07, 6.45) is 0. The van der Waals surface area contributed by atoms with Crippen LogP contribution >= 0.6 is 0 Å². The van der Waals surface area contributed by atoms with E-state index >= 15 is 0 Å². The Kier molecular flexibility index (Phi) is 3.72. The second kappa shape index (κ2) is 4.86. The molecule has 0 bridgehead atoms. The van der Waals surface area contributed by atoms with Gasteiger partial charge in [0.25, 0.3) is 5.91 Å². The highest BCUT2D eigenvalue weighted by atomic mass is 19.1. The molecule has 0 spiro atoms. The molecule has 0 aliphatic carbocycles. The number of carbonyl (C=O) groups excluding carboxylic acids is 1. The second-order valence-electron chi connectivity index (χ2n) is 3.30. The Balaban J connectivity index is 3.08. The lowest BCUT2D eigenvalue weighted by Gasteiger charge is -2.15. The van der Waals surface area contributed by atoms with Crippen molar-refractivity contribution in [1.29, 1.82) is 0 Å². The van der Waals surface area contributed by atoms with Crippen LogP contribution in [-0.4, -0.2) is 35.5 Å². The lowest BCUT2D eigenvalue weighted by molar-refractivity contribution is -0.137. The molecule has 0 radical (unpaired) electrons. The molecular formula is C10H8F3NO3. The number of nitrogens with zero attached hydrogens (tertiary/aromatic N) is 1. The maximum Gasteiger partial charge on any atom is 0.323 e. The smallest absolute Gasteiger partial charge is 0.323 e. The van der Waals surface area contributed by atoms with E-state index in [9.17, 15) is 22.8 Å². The number of likely N-dealkylation sites (N-methyl/N-ethyl adjacent to an activating group) is 1. The number of aliphatic carboxylic acids is 1. The van der Waals surface area contributed by atoms with Gasteiger partial charge >= 0.3 is 5.97 Å². The highest BCUT2D eigenvalue weighted by molar-refractivity contribution is 5.96. The fourth-order valence-electron chi connectivity index (χ4n) is 1.21. The average molecular weight is 247 g/mol. The second-order valence-corrected chi connectivity index (χ2v) is 3.30. The normalized spacial score (nSPS) is 10.1. The van der Waals surface area contributed by atoms with Crippen molar-refractivity contribution in [2.24, 2.45) is 0 Å². The molecule has 1 amide bonds. The number of amides is 1. The molecule has 7 heteroatoms. The van der Waals surface area contributed by atoms with Crippen molar-refractivity contribution in [3.8, 4) is 0 Å².